The van der Waals surface area contributed by atoms with E-state index in [9.17, 15) is 35.9 Å². The van der Waals surface area contributed by atoms with E-state index in [1.54, 1.807) is 9.80 Å². The molecular formula is C22H24F6N6O2. The van der Waals surface area contributed by atoms with Crippen molar-refractivity contribution in [1.82, 2.24) is 24.8 Å². The lowest BCUT2D eigenvalue weighted by Gasteiger charge is -2.36. The van der Waals surface area contributed by atoms with E-state index in [2.05, 4.69) is 15.0 Å². The van der Waals surface area contributed by atoms with Gasteiger partial charge in [0.25, 0.3) is 5.56 Å². The van der Waals surface area contributed by atoms with Crippen LogP contribution < -0.4 is 10.5 Å². The van der Waals surface area contributed by atoms with Crippen molar-refractivity contribution in [2.75, 3.05) is 44.2 Å². The van der Waals surface area contributed by atoms with Gasteiger partial charge in [-0.25, -0.2) is 9.97 Å². The molecule has 14 heteroatoms. The van der Waals surface area contributed by atoms with Gasteiger partial charge in [-0.2, -0.15) is 26.3 Å². The average molecular weight is 518 g/mol. The molecular weight excluding hydrogens is 494 g/mol. The summed E-state index contributed by atoms with van der Waals surface area (Å²) in [4.78, 5) is 39.7. The number of alkyl halides is 6. The van der Waals surface area contributed by atoms with Crippen molar-refractivity contribution in [3.8, 4) is 0 Å². The lowest BCUT2D eigenvalue weighted by atomic mass is 10.0. The number of nitrogens with zero attached hydrogens (tertiary/aromatic N) is 5. The summed E-state index contributed by atoms with van der Waals surface area (Å²) in [5.74, 6) is -0.0586. The second-order valence-electron chi connectivity index (χ2n) is 8.86. The summed E-state index contributed by atoms with van der Waals surface area (Å²) in [6.45, 7) is 3.33. The quantitative estimate of drug-likeness (QED) is 0.627. The van der Waals surface area contributed by atoms with Gasteiger partial charge in [-0.15, -0.1) is 0 Å². The molecule has 2 aliphatic rings. The van der Waals surface area contributed by atoms with E-state index in [-0.39, 0.29) is 18.4 Å². The first-order valence-corrected chi connectivity index (χ1v) is 11.3. The third-order valence-corrected chi connectivity index (χ3v) is 6.53. The predicted octanol–water partition coefficient (Wildman–Crippen LogP) is 3.00. The highest BCUT2D eigenvalue weighted by molar-refractivity contribution is 5.78. The van der Waals surface area contributed by atoms with Crippen LogP contribution in [0.4, 0.5) is 32.3 Å². The molecule has 1 amide bonds. The number of carbonyl (C=O) groups excluding carboxylic acids is 1. The minimum atomic E-state index is -4.79. The van der Waals surface area contributed by atoms with Crippen LogP contribution in [0.1, 0.15) is 41.3 Å². The number of hydrogen-bond donors (Lipinski definition) is 1. The smallest absolute Gasteiger partial charge is 0.338 e. The maximum atomic E-state index is 13.3. The van der Waals surface area contributed by atoms with Crippen LogP contribution in [-0.4, -0.2) is 69.9 Å². The summed E-state index contributed by atoms with van der Waals surface area (Å²) in [5.41, 5.74) is -2.72. The van der Waals surface area contributed by atoms with Crippen molar-refractivity contribution < 1.29 is 31.1 Å². The molecule has 2 fully saturated rings. The zero-order valence-corrected chi connectivity index (χ0v) is 19.3. The number of halogens is 6. The van der Waals surface area contributed by atoms with Crippen molar-refractivity contribution >= 4 is 11.9 Å². The minimum Gasteiger partial charge on any atom is -0.338 e. The number of aromatic nitrogens is 3. The number of anilines is 1. The van der Waals surface area contributed by atoms with Gasteiger partial charge in [0, 0.05) is 50.3 Å². The molecule has 1 unspecified atom stereocenters. The topological polar surface area (TPSA) is 85.4 Å². The first kappa shape index (κ1) is 25.9. The maximum absolute atomic E-state index is 13.3. The summed E-state index contributed by atoms with van der Waals surface area (Å²) < 4.78 is 77.9. The van der Waals surface area contributed by atoms with Crippen molar-refractivity contribution in [3.63, 3.8) is 0 Å². The lowest BCUT2D eigenvalue weighted by molar-refractivity contribution is -0.139. The fourth-order valence-corrected chi connectivity index (χ4v) is 4.62. The molecule has 0 spiro atoms. The molecule has 4 heterocycles. The summed E-state index contributed by atoms with van der Waals surface area (Å²) >= 11 is 0. The fourth-order valence-electron chi connectivity index (χ4n) is 4.62. The van der Waals surface area contributed by atoms with E-state index in [0.29, 0.717) is 56.8 Å². The maximum Gasteiger partial charge on any atom is 0.421 e. The van der Waals surface area contributed by atoms with Crippen LogP contribution in [0.2, 0.25) is 0 Å². The normalized spacial score (nSPS) is 19.7. The number of pyridine rings is 1. The molecule has 4 rings (SSSR count). The predicted molar refractivity (Wildman–Crippen MR) is 116 cm³/mol. The molecule has 2 aromatic heterocycles. The highest BCUT2D eigenvalue weighted by atomic mass is 19.4. The Morgan fingerprint density at radius 1 is 1.03 bits per heavy atom. The number of rotatable bonds is 4. The van der Waals surface area contributed by atoms with Crippen molar-refractivity contribution in [1.29, 1.82) is 0 Å². The number of likely N-dealkylation sites (tertiary alicyclic amines) is 1. The number of H-pyrrole nitrogens is 1. The van der Waals surface area contributed by atoms with E-state index in [1.807, 2.05) is 4.90 Å². The standard InChI is InChI=1S/C22H24F6N6O2/c1-13-15(9-16(19(36)31-13)22(26,27)28)17-3-2-4-34(17)12-18(35)32-5-7-33(8-6-32)20-29-10-14(11-30-20)21(23,24)25/h9-11,17H,2-8,12H2,1H3,(H,31,36). The Balaban J connectivity index is 1.39. The summed E-state index contributed by atoms with van der Waals surface area (Å²) in [7, 11) is 0. The largest absolute Gasteiger partial charge is 0.421 e. The second kappa shape index (κ2) is 9.71. The van der Waals surface area contributed by atoms with Crippen LogP contribution in [0.25, 0.3) is 0 Å². The van der Waals surface area contributed by atoms with Gasteiger partial charge < -0.3 is 14.8 Å². The summed E-state index contributed by atoms with van der Waals surface area (Å²) in [6.07, 6.45) is -6.63. The molecule has 1 N–H and O–H groups in total. The van der Waals surface area contributed by atoms with E-state index >= 15 is 0 Å². The number of carbonyl (C=O) groups is 1. The van der Waals surface area contributed by atoms with Gasteiger partial charge in [-0.3, -0.25) is 14.5 Å². The van der Waals surface area contributed by atoms with E-state index in [4.69, 9.17) is 0 Å². The number of amides is 1. The molecule has 36 heavy (non-hydrogen) atoms. The Labute approximate surface area is 201 Å². The van der Waals surface area contributed by atoms with Crippen LogP contribution >= 0.6 is 0 Å². The van der Waals surface area contributed by atoms with Gasteiger partial charge in [-0.05, 0) is 37.9 Å². The van der Waals surface area contributed by atoms with Crippen molar-refractivity contribution in [2.45, 2.75) is 38.2 Å². The van der Waals surface area contributed by atoms with E-state index in [0.717, 1.165) is 18.5 Å². The van der Waals surface area contributed by atoms with Gasteiger partial charge in [-0.1, -0.05) is 0 Å². The Morgan fingerprint density at radius 3 is 2.25 bits per heavy atom. The zero-order chi connectivity index (χ0) is 26.3. The molecule has 0 bridgehead atoms. The molecule has 196 valence electrons. The van der Waals surface area contributed by atoms with Gasteiger partial charge in [0.05, 0.1) is 12.1 Å². The molecule has 0 radical (unpaired) electrons. The van der Waals surface area contributed by atoms with Gasteiger partial charge in [0.15, 0.2) is 0 Å². The SMILES string of the molecule is Cc1[nH]c(=O)c(C(F)(F)F)cc1C1CCCN1CC(=O)N1CCN(c2ncc(C(F)(F)F)cn2)CC1. The molecule has 8 nitrogen and oxygen atoms in total. The number of nitrogens with one attached hydrogen (secondary N) is 1. The monoisotopic (exact) mass is 518 g/mol. The van der Waals surface area contributed by atoms with Crippen molar-refractivity contribution in [2.24, 2.45) is 0 Å². The van der Waals surface area contributed by atoms with Gasteiger partial charge in [0.1, 0.15) is 5.56 Å². The van der Waals surface area contributed by atoms with Crippen LogP contribution in [0.3, 0.4) is 0 Å². The van der Waals surface area contributed by atoms with Gasteiger partial charge in [0.2, 0.25) is 11.9 Å². The van der Waals surface area contributed by atoms with Crippen LogP contribution in [0.15, 0.2) is 23.3 Å². The Bertz CT molecular complexity index is 1160. The molecule has 2 aromatic rings. The minimum absolute atomic E-state index is 0.00135. The molecule has 0 aromatic carbocycles. The summed E-state index contributed by atoms with van der Waals surface area (Å²) in [6, 6.07) is 0.443. The summed E-state index contributed by atoms with van der Waals surface area (Å²) in [5, 5.41) is 0. The zero-order valence-electron chi connectivity index (χ0n) is 19.3. The Morgan fingerprint density at radius 2 is 1.67 bits per heavy atom. The van der Waals surface area contributed by atoms with Crippen LogP contribution in [0, 0.1) is 6.92 Å². The van der Waals surface area contributed by atoms with Crippen molar-refractivity contribution in [3.05, 3.63) is 51.2 Å². The first-order chi connectivity index (χ1) is 16.8. The highest BCUT2D eigenvalue weighted by Crippen LogP contribution is 2.36. The third kappa shape index (κ3) is 5.47. The fraction of sp³-hybridized carbons (Fsp3) is 0.545. The number of piperazine rings is 1. The lowest BCUT2D eigenvalue weighted by Crippen LogP contribution is -2.51. The van der Waals surface area contributed by atoms with Gasteiger partial charge >= 0.3 is 12.4 Å². The van der Waals surface area contributed by atoms with E-state index in [1.165, 1.54) is 6.92 Å². The molecule has 2 aliphatic heterocycles. The second-order valence-corrected chi connectivity index (χ2v) is 8.86. The molecule has 0 saturated carbocycles. The Hall–Kier alpha value is -3.16. The number of aromatic amines is 1. The molecule has 0 aliphatic carbocycles. The third-order valence-electron chi connectivity index (χ3n) is 6.53. The number of hydrogen-bond acceptors (Lipinski definition) is 6. The Kier molecular flexibility index (Phi) is 6.99. The van der Waals surface area contributed by atoms with Crippen LogP contribution in [0.5, 0.6) is 0 Å². The highest BCUT2D eigenvalue weighted by Gasteiger charge is 2.37. The van der Waals surface area contributed by atoms with E-state index < -0.39 is 35.1 Å². The molecule has 1 atom stereocenters. The van der Waals surface area contributed by atoms with Crippen LogP contribution in [-0.2, 0) is 17.1 Å². The molecule has 2 saturated heterocycles. The number of aryl methyl sites for hydroxylation is 1. The first-order valence-electron chi connectivity index (χ1n) is 11.3. The average Bonchev–Trinajstić information content (AvgIpc) is 3.25.